The summed E-state index contributed by atoms with van der Waals surface area (Å²) in [5, 5.41) is 14.5. The van der Waals surface area contributed by atoms with E-state index < -0.39 is 23.5 Å². The molecule has 1 aliphatic rings. The molecule has 2 aromatic carbocycles. The van der Waals surface area contributed by atoms with Crippen LogP contribution in [0.1, 0.15) is 52.7 Å². The van der Waals surface area contributed by atoms with Crippen LogP contribution in [0.3, 0.4) is 0 Å². The smallest absolute Gasteiger partial charge is 0.413 e. The van der Waals surface area contributed by atoms with Gasteiger partial charge in [-0.05, 0) is 43.0 Å². The van der Waals surface area contributed by atoms with Crippen LogP contribution in [0.5, 0.6) is 0 Å². The summed E-state index contributed by atoms with van der Waals surface area (Å²) in [6.45, 7) is 5.08. The molecule has 0 radical (unpaired) electrons. The van der Waals surface area contributed by atoms with Crippen LogP contribution >= 0.6 is 11.3 Å². The zero-order chi connectivity index (χ0) is 24.5. The first-order valence-corrected chi connectivity index (χ1v) is 11.6. The van der Waals surface area contributed by atoms with Gasteiger partial charge in [0, 0.05) is 11.5 Å². The van der Waals surface area contributed by atoms with Gasteiger partial charge in [0.15, 0.2) is 5.13 Å². The third kappa shape index (κ3) is 4.94. The van der Waals surface area contributed by atoms with Gasteiger partial charge in [-0.3, -0.25) is 14.9 Å². The van der Waals surface area contributed by atoms with Crippen molar-refractivity contribution in [3.8, 4) is 11.1 Å². The minimum atomic E-state index is -1.01. The van der Waals surface area contributed by atoms with E-state index in [1.165, 1.54) is 0 Å². The Hall–Kier alpha value is -3.72. The molecule has 0 spiro atoms. The molecular formula is C25H25N3O5S. The molecule has 4 rings (SSSR count). The Morgan fingerprint density at radius 1 is 1.06 bits per heavy atom. The number of benzene rings is 2. The van der Waals surface area contributed by atoms with Crippen LogP contribution in [-0.2, 0) is 9.53 Å². The quantitative estimate of drug-likeness (QED) is 0.448. The van der Waals surface area contributed by atoms with Gasteiger partial charge in [-0.15, -0.1) is 0 Å². The zero-order valence-corrected chi connectivity index (χ0v) is 19.9. The Balaban J connectivity index is 1.40. The average molecular weight is 480 g/mol. The number of thiazole rings is 1. The molecule has 34 heavy (non-hydrogen) atoms. The highest BCUT2D eigenvalue weighted by Gasteiger charge is 2.30. The second-order valence-corrected chi connectivity index (χ2v) is 9.79. The Labute approximate surface area is 201 Å². The van der Waals surface area contributed by atoms with Gasteiger partial charge in [0.1, 0.15) is 11.5 Å². The number of carboxylic acid groups (broad SMARTS) is 1. The van der Waals surface area contributed by atoms with Crippen molar-refractivity contribution in [1.82, 2.24) is 10.3 Å². The first-order chi connectivity index (χ1) is 16.1. The number of rotatable bonds is 7. The molecule has 176 valence electrons. The molecule has 0 saturated heterocycles. The number of aromatic nitrogens is 1. The van der Waals surface area contributed by atoms with Gasteiger partial charge in [-0.2, -0.15) is 0 Å². The van der Waals surface area contributed by atoms with E-state index in [2.05, 4.69) is 27.8 Å². The predicted molar refractivity (Wildman–Crippen MR) is 129 cm³/mol. The minimum absolute atomic E-state index is 0.0611. The molecule has 0 atom stereocenters. The van der Waals surface area contributed by atoms with Crippen molar-refractivity contribution < 1.29 is 24.2 Å². The van der Waals surface area contributed by atoms with E-state index in [1.807, 2.05) is 36.4 Å². The van der Waals surface area contributed by atoms with Gasteiger partial charge in [-0.1, -0.05) is 59.9 Å². The van der Waals surface area contributed by atoms with Crippen LogP contribution in [-0.4, -0.2) is 40.2 Å². The number of aryl methyl sites for hydroxylation is 1. The summed E-state index contributed by atoms with van der Waals surface area (Å²) in [6, 6.07) is 16.2. The van der Waals surface area contributed by atoms with Crippen LogP contribution in [0.15, 0.2) is 48.5 Å². The third-order valence-corrected chi connectivity index (χ3v) is 6.67. The van der Waals surface area contributed by atoms with E-state index in [0.29, 0.717) is 10.6 Å². The van der Waals surface area contributed by atoms with Gasteiger partial charge < -0.3 is 15.2 Å². The summed E-state index contributed by atoms with van der Waals surface area (Å²) in [5.74, 6) is -1.51. The number of amides is 2. The number of aliphatic carboxylic acids is 1. The van der Waals surface area contributed by atoms with Crippen LogP contribution in [0, 0.1) is 6.92 Å². The van der Waals surface area contributed by atoms with Crippen molar-refractivity contribution in [1.29, 1.82) is 0 Å². The Bertz CT molecular complexity index is 1220. The Morgan fingerprint density at radius 3 is 2.24 bits per heavy atom. The van der Waals surface area contributed by atoms with E-state index in [0.717, 1.165) is 33.6 Å². The number of carboxylic acids is 1. The number of carbonyl (C=O) groups excluding carboxylic acids is 2. The molecule has 1 aromatic heterocycles. The number of hydrogen-bond donors (Lipinski definition) is 3. The number of fused-ring (bicyclic) bond motifs is 3. The molecule has 3 aromatic rings. The number of carbonyl (C=O) groups is 3. The monoisotopic (exact) mass is 479 g/mol. The zero-order valence-electron chi connectivity index (χ0n) is 19.0. The fraction of sp³-hybridized carbons (Fsp3) is 0.280. The van der Waals surface area contributed by atoms with E-state index in [-0.39, 0.29) is 24.1 Å². The van der Waals surface area contributed by atoms with Crippen LogP contribution in [0.2, 0.25) is 0 Å². The number of nitrogens with zero attached hydrogens (tertiary/aromatic N) is 1. The van der Waals surface area contributed by atoms with E-state index in [1.54, 1.807) is 20.8 Å². The lowest BCUT2D eigenvalue weighted by Gasteiger charge is -2.23. The second-order valence-electron chi connectivity index (χ2n) is 8.79. The highest BCUT2D eigenvalue weighted by Crippen LogP contribution is 2.44. The van der Waals surface area contributed by atoms with E-state index in [4.69, 9.17) is 9.84 Å². The van der Waals surface area contributed by atoms with E-state index in [9.17, 15) is 14.4 Å². The highest BCUT2D eigenvalue weighted by molar-refractivity contribution is 7.17. The SMILES string of the molecule is Cc1nc(NC(=O)OCC2c3ccccc3-c3ccccc32)sc1C(=O)NC(C)(C)CC(=O)O. The lowest BCUT2D eigenvalue weighted by Crippen LogP contribution is -2.44. The van der Waals surface area contributed by atoms with Gasteiger partial charge >= 0.3 is 12.1 Å². The molecule has 2 amide bonds. The molecule has 0 bridgehead atoms. The summed E-state index contributed by atoms with van der Waals surface area (Å²) < 4.78 is 5.53. The summed E-state index contributed by atoms with van der Waals surface area (Å²) in [5.41, 5.74) is 4.02. The van der Waals surface area contributed by atoms with Crippen LogP contribution in [0.4, 0.5) is 9.93 Å². The Kier molecular flexibility index (Phi) is 6.39. The first kappa shape index (κ1) is 23.4. The van der Waals surface area contributed by atoms with E-state index >= 15 is 0 Å². The maximum atomic E-state index is 12.6. The maximum Gasteiger partial charge on any atom is 0.413 e. The van der Waals surface area contributed by atoms with Crippen LogP contribution in [0.25, 0.3) is 11.1 Å². The van der Waals surface area contributed by atoms with Crippen molar-refractivity contribution in [3.63, 3.8) is 0 Å². The molecule has 0 unspecified atom stereocenters. The average Bonchev–Trinajstić information content (AvgIpc) is 3.28. The van der Waals surface area contributed by atoms with Gasteiger partial charge in [0.05, 0.1) is 12.1 Å². The van der Waals surface area contributed by atoms with Gasteiger partial charge in [0.25, 0.3) is 5.91 Å². The molecular weight excluding hydrogens is 454 g/mol. The molecule has 0 aliphatic heterocycles. The molecule has 3 N–H and O–H groups in total. The number of hydrogen-bond acceptors (Lipinski definition) is 6. The molecule has 9 heteroatoms. The van der Waals surface area contributed by atoms with Crippen molar-refractivity contribution in [2.75, 3.05) is 11.9 Å². The van der Waals surface area contributed by atoms with Crippen molar-refractivity contribution in [3.05, 3.63) is 70.2 Å². The van der Waals surface area contributed by atoms with Gasteiger partial charge in [-0.25, -0.2) is 9.78 Å². The highest BCUT2D eigenvalue weighted by atomic mass is 32.1. The number of ether oxygens (including phenoxy) is 1. The molecule has 8 nitrogen and oxygen atoms in total. The third-order valence-electron chi connectivity index (χ3n) is 5.60. The van der Waals surface area contributed by atoms with Crippen molar-refractivity contribution >= 4 is 34.4 Å². The van der Waals surface area contributed by atoms with Crippen molar-refractivity contribution in [2.24, 2.45) is 0 Å². The second kappa shape index (κ2) is 9.26. The lowest BCUT2D eigenvalue weighted by atomic mass is 9.98. The van der Waals surface area contributed by atoms with Crippen LogP contribution < -0.4 is 10.6 Å². The largest absolute Gasteiger partial charge is 0.481 e. The first-order valence-electron chi connectivity index (χ1n) is 10.8. The molecule has 0 saturated carbocycles. The van der Waals surface area contributed by atoms with Crippen molar-refractivity contribution in [2.45, 2.75) is 38.6 Å². The fourth-order valence-corrected chi connectivity index (χ4v) is 5.02. The summed E-state index contributed by atoms with van der Waals surface area (Å²) in [6.07, 6.45) is -0.879. The number of nitrogens with one attached hydrogen (secondary N) is 2. The molecule has 0 fully saturated rings. The Morgan fingerprint density at radius 2 is 1.65 bits per heavy atom. The van der Waals surface area contributed by atoms with Gasteiger partial charge in [0.2, 0.25) is 0 Å². The molecule has 1 aliphatic carbocycles. The lowest BCUT2D eigenvalue weighted by molar-refractivity contribution is -0.138. The topological polar surface area (TPSA) is 118 Å². The molecule has 1 heterocycles. The predicted octanol–water partition coefficient (Wildman–Crippen LogP) is 4.80. The normalized spacial score (nSPS) is 12.6. The standard InChI is InChI=1S/C25H25N3O5S/c1-14-21(22(31)28-25(2,3)12-20(29)30)34-23(26-14)27-24(32)33-13-19-17-10-6-4-8-15(17)16-9-5-7-11-18(16)19/h4-11,19H,12-13H2,1-3H3,(H,28,31)(H,29,30)(H,26,27,32). The maximum absolute atomic E-state index is 12.6. The number of anilines is 1. The minimum Gasteiger partial charge on any atom is -0.481 e. The fourth-order valence-electron chi connectivity index (χ4n) is 4.17. The summed E-state index contributed by atoms with van der Waals surface area (Å²) >= 11 is 1.01. The summed E-state index contributed by atoms with van der Waals surface area (Å²) in [7, 11) is 0. The summed E-state index contributed by atoms with van der Waals surface area (Å²) in [4.78, 5) is 40.7.